The van der Waals surface area contributed by atoms with E-state index in [0.29, 0.717) is 5.70 Å². The van der Waals surface area contributed by atoms with Crippen LogP contribution in [0.3, 0.4) is 0 Å². The van der Waals surface area contributed by atoms with Gasteiger partial charge in [-0.05, 0) is 11.6 Å². The lowest BCUT2D eigenvalue weighted by Gasteiger charge is -2.25. The molecule has 3 heteroatoms. The molecule has 1 aromatic carbocycles. The average molecular weight is 219 g/mol. The van der Waals surface area contributed by atoms with E-state index in [1.807, 2.05) is 30.3 Å². The maximum atomic E-state index is 13.8. The van der Waals surface area contributed by atoms with E-state index in [4.69, 9.17) is 10.5 Å². The monoisotopic (exact) mass is 219 g/mol. The standard InChI is InChI=1S/C13H14FNO/c1-16-13(14)8-7-11(12(15)9-13)10-5-3-2-4-6-10/h2-8H,9,15H2,1H3. The number of hydrogen-bond acceptors (Lipinski definition) is 2. The number of nitrogens with two attached hydrogens (primary N) is 1. The van der Waals surface area contributed by atoms with Crippen molar-refractivity contribution in [1.29, 1.82) is 0 Å². The second-order valence-electron chi connectivity index (χ2n) is 3.81. The highest BCUT2D eigenvalue weighted by Gasteiger charge is 2.30. The average Bonchev–Trinajstić information content (AvgIpc) is 2.30. The summed E-state index contributed by atoms with van der Waals surface area (Å²) in [6.07, 6.45) is 3.16. The molecule has 0 heterocycles. The first-order valence-electron chi connectivity index (χ1n) is 5.12. The maximum absolute atomic E-state index is 13.8. The summed E-state index contributed by atoms with van der Waals surface area (Å²) in [6.45, 7) is 0. The van der Waals surface area contributed by atoms with E-state index in [2.05, 4.69) is 0 Å². The number of allylic oxidation sites excluding steroid dienone is 2. The molecule has 0 aromatic heterocycles. The van der Waals surface area contributed by atoms with Crippen LogP contribution in [-0.4, -0.2) is 13.0 Å². The van der Waals surface area contributed by atoms with Gasteiger partial charge in [-0.3, -0.25) is 0 Å². The molecule has 2 nitrogen and oxygen atoms in total. The number of hydrogen-bond donors (Lipinski definition) is 1. The molecule has 1 unspecified atom stereocenters. The Bertz CT molecular complexity index is 439. The van der Waals surface area contributed by atoms with Crippen molar-refractivity contribution in [2.24, 2.45) is 5.73 Å². The van der Waals surface area contributed by atoms with Crippen LogP contribution in [0.4, 0.5) is 4.39 Å². The van der Waals surface area contributed by atoms with E-state index >= 15 is 0 Å². The van der Waals surface area contributed by atoms with Gasteiger partial charge in [0.05, 0.1) is 6.42 Å². The third-order valence-electron chi connectivity index (χ3n) is 2.70. The minimum absolute atomic E-state index is 0.0736. The highest BCUT2D eigenvalue weighted by molar-refractivity contribution is 5.77. The highest BCUT2D eigenvalue weighted by atomic mass is 19.2. The van der Waals surface area contributed by atoms with Crippen LogP contribution in [0.5, 0.6) is 0 Å². The summed E-state index contributed by atoms with van der Waals surface area (Å²) in [5.41, 5.74) is 8.24. The Hall–Kier alpha value is -1.61. The molecule has 0 amide bonds. The van der Waals surface area contributed by atoms with Gasteiger partial charge in [0.2, 0.25) is 5.85 Å². The van der Waals surface area contributed by atoms with E-state index in [1.165, 1.54) is 13.2 Å². The Balaban J connectivity index is 2.33. The van der Waals surface area contributed by atoms with Gasteiger partial charge in [0, 0.05) is 18.4 Å². The van der Waals surface area contributed by atoms with Crippen molar-refractivity contribution < 1.29 is 9.13 Å². The van der Waals surface area contributed by atoms with Crippen molar-refractivity contribution in [2.45, 2.75) is 12.3 Å². The molecule has 84 valence electrons. The molecule has 0 saturated heterocycles. The molecule has 1 atom stereocenters. The second kappa shape index (κ2) is 4.10. The lowest BCUT2D eigenvalue weighted by molar-refractivity contribution is -0.0786. The Labute approximate surface area is 94.2 Å². The first-order chi connectivity index (χ1) is 7.64. The molecule has 1 aromatic rings. The maximum Gasteiger partial charge on any atom is 0.234 e. The lowest BCUT2D eigenvalue weighted by Crippen LogP contribution is -2.28. The Kier molecular flexibility index (Phi) is 2.79. The number of ether oxygens (including phenoxy) is 1. The van der Waals surface area contributed by atoms with E-state index in [9.17, 15) is 4.39 Å². The zero-order valence-electron chi connectivity index (χ0n) is 9.11. The summed E-state index contributed by atoms with van der Waals surface area (Å²) in [4.78, 5) is 0. The van der Waals surface area contributed by atoms with Gasteiger partial charge in [-0.25, -0.2) is 4.39 Å². The summed E-state index contributed by atoms with van der Waals surface area (Å²) in [5.74, 6) is -1.76. The second-order valence-corrected chi connectivity index (χ2v) is 3.81. The first-order valence-corrected chi connectivity index (χ1v) is 5.12. The van der Waals surface area contributed by atoms with Crippen LogP contribution >= 0.6 is 0 Å². The van der Waals surface area contributed by atoms with Gasteiger partial charge in [0.15, 0.2) is 0 Å². The SMILES string of the molecule is COC1(F)C=CC(c2ccccc2)=C(N)C1. The van der Waals surface area contributed by atoms with Gasteiger partial charge in [0.25, 0.3) is 0 Å². The van der Waals surface area contributed by atoms with Crippen molar-refractivity contribution in [2.75, 3.05) is 7.11 Å². The predicted molar refractivity (Wildman–Crippen MR) is 62.2 cm³/mol. The summed E-state index contributed by atoms with van der Waals surface area (Å²) in [6, 6.07) is 9.69. The third-order valence-corrected chi connectivity index (χ3v) is 2.70. The Morgan fingerprint density at radius 3 is 2.56 bits per heavy atom. The topological polar surface area (TPSA) is 35.2 Å². The smallest absolute Gasteiger partial charge is 0.234 e. The number of methoxy groups -OCH3 is 1. The van der Waals surface area contributed by atoms with E-state index in [1.54, 1.807) is 6.08 Å². The van der Waals surface area contributed by atoms with Crippen LogP contribution in [0, 0.1) is 0 Å². The fraction of sp³-hybridized carbons (Fsp3) is 0.231. The number of benzene rings is 1. The van der Waals surface area contributed by atoms with Gasteiger partial charge < -0.3 is 10.5 Å². The largest absolute Gasteiger partial charge is 0.401 e. The summed E-state index contributed by atoms with van der Waals surface area (Å²) < 4.78 is 18.6. The van der Waals surface area contributed by atoms with Crippen LogP contribution in [0.25, 0.3) is 5.57 Å². The van der Waals surface area contributed by atoms with Crippen LogP contribution in [0.1, 0.15) is 12.0 Å². The van der Waals surface area contributed by atoms with Gasteiger partial charge in [-0.15, -0.1) is 0 Å². The molecular weight excluding hydrogens is 205 g/mol. The Morgan fingerprint density at radius 1 is 1.31 bits per heavy atom. The first kappa shape index (κ1) is 10.9. The fourth-order valence-electron chi connectivity index (χ4n) is 1.77. The number of alkyl halides is 1. The van der Waals surface area contributed by atoms with Crippen LogP contribution in [0.15, 0.2) is 48.2 Å². The van der Waals surface area contributed by atoms with Crippen molar-refractivity contribution in [3.63, 3.8) is 0 Å². The van der Waals surface area contributed by atoms with Crippen molar-refractivity contribution in [1.82, 2.24) is 0 Å². The summed E-state index contributed by atoms with van der Waals surface area (Å²) in [5, 5.41) is 0. The summed E-state index contributed by atoms with van der Waals surface area (Å²) in [7, 11) is 1.34. The molecule has 0 bridgehead atoms. The minimum atomic E-state index is -1.76. The molecule has 0 spiro atoms. The normalized spacial score (nSPS) is 24.9. The van der Waals surface area contributed by atoms with Gasteiger partial charge in [0.1, 0.15) is 0 Å². The number of rotatable bonds is 2. The molecule has 1 aliphatic carbocycles. The molecule has 0 radical (unpaired) electrons. The van der Waals surface area contributed by atoms with Gasteiger partial charge >= 0.3 is 0 Å². The minimum Gasteiger partial charge on any atom is -0.401 e. The molecule has 1 aliphatic rings. The molecule has 0 aliphatic heterocycles. The predicted octanol–water partition coefficient (Wildman–Crippen LogP) is 2.63. The van der Waals surface area contributed by atoms with E-state index in [-0.39, 0.29) is 6.42 Å². The Morgan fingerprint density at radius 2 is 2.00 bits per heavy atom. The quantitative estimate of drug-likeness (QED) is 0.829. The molecular formula is C13H14FNO. The lowest BCUT2D eigenvalue weighted by atomic mass is 9.94. The third kappa shape index (κ3) is 1.99. The number of halogens is 1. The summed E-state index contributed by atoms with van der Waals surface area (Å²) >= 11 is 0. The van der Waals surface area contributed by atoms with E-state index in [0.717, 1.165) is 11.1 Å². The highest BCUT2D eigenvalue weighted by Crippen LogP contribution is 2.32. The van der Waals surface area contributed by atoms with Crippen LogP contribution in [-0.2, 0) is 4.74 Å². The van der Waals surface area contributed by atoms with Crippen LogP contribution < -0.4 is 5.73 Å². The zero-order chi connectivity index (χ0) is 11.6. The molecule has 0 fully saturated rings. The van der Waals surface area contributed by atoms with Crippen molar-refractivity contribution in [3.8, 4) is 0 Å². The molecule has 16 heavy (non-hydrogen) atoms. The fourth-order valence-corrected chi connectivity index (χ4v) is 1.77. The van der Waals surface area contributed by atoms with Crippen molar-refractivity contribution >= 4 is 5.57 Å². The van der Waals surface area contributed by atoms with Gasteiger partial charge in [-0.1, -0.05) is 36.4 Å². The molecule has 0 saturated carbocycles. The molecule has 2 rings (SSSR count). The van der Waals surface area contributed by atoms with Gasteiger partial charge in [-0.2, -0.15) is 0 Å². The molecule has 2 N–H and O–H groups in total. The van der Waals surface area contributed by atoms with Crippen molar-refractivity contribution in [3.05, 3.63) is 53.7 Å². The zero-order valence-corrected chi connectivity index (χ0v) is 9.11. The van der Waals surface area contributed by atoms with Crippen LogP contribution in [0.2, 0.25) is 0 Å². The van der Waals surface area contributed by atoms with E-state index < -0.39 is 5.85 Å².